The number of amides is 2. The van der Waals surface area contributed by atoms with Crippen LogP contribution >= 0.6 is 0 Å². The van der Waals surface area contributed by atoms with Gasteiger partial charge in [-0.15, -0.1) is 5.10 Å². The third kappa shape index (κ3) is 4.27. The molecular weight excluding hydrogens is 293 g/mol. The van der Waals surface area contributed by atoms with Crippen LogP contribution in [0.4, 0.5) is 20.7 Å². The molecule has 1 heterocycles. The number of nitrogens with one attached hydrogen (secondary N) is 2. The van der Waals surface area contributed by atoms with Crippen LogP contribution in [0.2, 0.25) is 0 Å². The number of hydrogen-bond acceptors (Lipinski definition) is 5. The van der Waals surface area contributed by atoms with Crippen molar-refractivity contribution in [2.45, 2.75) is 13.5 Å². The minimum absolute atomic E-state index is 0.0810. The Labute approximate surface area is 125 Å². The second-order valence-electron chi connectivity index (χ2n) is 4.17. The molecule has 2 rings (SSSR count). The fourth-order valence-electron chi connectivity index (χ4n) is 1.60. The number of anilines is 2. The van der Waals surface area contributed by atoms with Crippen molar-refractivity contribution in [1.82, 2.24) is 15.0 Å². The van der Waals surface area contributed by atoms with E-state index in [-0.39, 0.29) is 24.7 Å². The van der Waals surface area contributed by atoms with Crippen molar-refractivity contribution < 1.29 is 18.7 Å². The number of carbonyl (C=O) groups is 2. The molecule has 2 aromatic rings. The molecule has 0 fully saturated rings. The number of ether oxygens (including phenoxy) is 1. The molecule has 0 unspecified atom stereocenters. The molecule has 0 spiro atoms. The molecule has 1 aromatic heterocycles. The average Bonchev–Trinajstić information content (AvgIpc) is 2.88. The SMILES string of the molecule is CCOC(=O)Nc1cn(CC(=O)Nc2ccccc2F)nn1. The van der Waals surface area contributed by atoms with Gasteiger partial charge in [-0.3, -0.25) is 10.1 Å². The molecule has 2 amide bonds. The topological polar surface area (TPSA) is 98.1 Å². The number of aromatic nitrogens is 3. The summed E-state index contributed by atoms with van der Waals surface area (Å²) >= 11 is 0. The van der Waals surface area contributed by atoms with E-state index in [1.54, 1.807) is 13.0 Å². The molecule has 0 aliphatic rings. The molecule has 8 nitrogen and oxygen atoms in total. The van der Waals surface area contributed by atoms with Crippen molar-refractivity contribution in [1.29, 1.82) is 0 Å². The highest BCUT2D eigenvalue weighted by atomic mass is 19.1. The summed E-state index contributed by atoms with van der Waals surface area (Å²) < 4.78 is 19.3. The van der Waals surface area contributed by atoms with Gasteiger partial charge in [0.25, 0.3) is 0 Å². The third-order valence-corrected chi connectivity index (χ3v) is 2.50. The molecule has 116 valence electrons. The Morgan fingerprint density at radius 1 is 1.32 bits per heavy atom. The van der Waals surface area contributed by atoms with Gasteiger partial charge in [0.2, 0.25) is 5.91 Å². The van der Waals surface area contributed by atoms with Crippen LogP contribution < -0.4 is 10.6 Å². The third-order valence-electron chi connectivity index (χ3n) is 2.50. The van der Waals surface area contributed by atoms with E-state index < -0.39 is 17.8 Å². The fourth-order valence-corrected chi connectivity index (χ4v) is 1.60. The molecule has 0 saturated heterocycles. The van der Waals surface area contributed by atoms with Gasteiger partial charge in [-0.05, 0) is 19.1 Å². The molecule has 2 N–H and O–H groups in total. The summed E-state index contributed by atoms with van der Waals surface area (Å²) in [5.74, 6) is -0.853. The van der Waals surface area contributed by atoms with Gasteiger partial charge in [-0.2, -0.15) is 0 Å². The van der Waals surface area contributed by atoms with Crippen LogP contribution in [0.25, 0.3) is 0 Å². The van der Waals surface area contributed by atoms with Crippen LogP contribution in [0.3, 0.4) is 0 Å². The van der Waals surface area contributed by atoms with Crippen molar-refractivity contribution in [3.63, 3.8) is 0 Å². The summed E-state index contributed by atoms with van der Waals surface area (Å²) in [5, 5.41) is 12.1. The lowest BCUT2D eigenvalue weighted by Gasteiger charge is -2.05. The largest absolute Gasteiger partial charge is 0.450 e. The number of halogens is 1. The maximum absolute atomic E-state index is 13.4. The molecule has 0 aliphatic carbocycles. The predicted molar refractivity (Wildman–Crippen MR) is 75.7 cm³/mol. The van der Waals surface area contributed by atoms with Gasteiger partial charge in [0.1, 0.15) is 12.4 Å². The zero-order valence-electron chi connectivity index (χ0n) is 11.7. The molecule has 0 saturated carbocycles. The summed E-state index contributed by atoms with van der Waals surface area (Å²) in [6.45, 7) is 1.72. The molecule has 0 atom stereocenters. The van der Waals surface area contributed by atoms with Gasteiger partial charge in [0.05, 0.1) is 18.5 Å². The highest BCUT2D eigenvalue weighted by Gasteiger charge is 2.10. The Morgan fingerprint density at radius 2 is 2.09 bits per heavy atom. The van der Waals surface area contributed by atoms with Gasteiger partial charge < -0.3 is 10.1 Å². The maximum Gasteiger partial charge on any atom is 0.412 e. The number of rotatable bonds is 5. The van der Waals surface area contributed by atoms with E-state index in [0.29, 0.717) is 0 Å². The van der Waals surface area contributed by atoms with Crippen molar-refractivity contribution in [3.8, 4) is 0 Å². The van der Waals surface area contributed by atoms with E-state index in [0.717, 1.165) is 0 Å². The zero-order valence-corrected chi connectivity index (χ0v) is 11.7. The molecule has 0 bridgehead atoms. The minimum Gasteiger partial charge on any atom is -0.450 e. The molecule has 9 heteroatoms. The number of benzene rings is 1. The van der Waals surface area contributed by atoms with E-state index in [9.17, 15) is 14.0 Å². The van der Waals surface area contributed by atoms with Crippen molar-refractivity contribution in [2.24, 2.45) is 0 Å². The lowest BCUT2D eigenvalue weighted by atomic mass is 10.3. The quantitative estimate of drug-likeness (QED) is 0.874. The van der Waals surface area contributed by atoms with Crippen LogP contribution in [0.1, 0.15) is 6.92 Å². The van der Waals surface area contributed by atoms with Crippen molar-refractivity contribution in [3.05, 3.63) is 36.3 Å². The van der Waals surface area contributed by atoms with Gasteiger partial charge in [-0.1, -0.05) is 17.3 Å². The first kappa shape index (κ1) is 15.4. The standard InChI is InChI=1S/C13H14FN5O3/c1-2-22-13(21)16-11-7-19(18-17-11)8-12(20)15-10-6-4-3-5-9(10)14/h3-7H,2,8H2,1H3,(H,15,20)(H,16,21). The number of nitrogens with zero attached hydrogens (tertiary/aromatic N) is 3. The van der Waals surface area contributed by atoms with E-state index >= 15 is 0 Å². The van der Waals surface area contributed by atoms with E-state index in [1.807, 2.05) is 0 Å². The fraction of sp³-hybridized carbons (Fsp3) is 0.231. The summed E-state index contributed by atoms with van der Waals surface area (Å²) in [6.07, 6.45) is 0.697. The molecular formula is C13H14FN5O3. The predicted octanol–water partition coefficient (Wildman–Crippen LogP) is 1.62. The summed E-state index contributed by atoms with van der Waals surface area (Å²) in [5.41, 5.74) is 0.0810. The van der Waals surface area contributed by atoms with Gasteiger partial charge in [0.15, 0.2) is 5.82 Å². The second-order valence-corrected chi connectivity index (χ2v) is 4.17. The zero-order chi connectivity index (χ0) is 15.9. The monoisotopic (exact) mass is 307 g/mol. The average molecular weight is 307 g/mol. The Kier molecular flexibility index (Phi) is 5.02. The van der Waals surface area contributed by atoms with Gasteiger partial charge in [-0.25, -0.2) is 13.9 Å². The van der Waals surface area contributed by atoms with Crippen molar-refractivity contribution in [2.75, 3.05) is 17.2 Å². The molecule has 0 radical (unpaired) electrons. The lowest BCUT2D eigenvalue weighted by Crippen LogP contribution is -2.19. The first-order valence-corrected chi connectivity index (χ1v) is 6.46. The van der Waals surface area contributed by atoms with Crippen LogP contribution in [-0.4, -0.2) is 33.6 Å². The number of para-hydroxylation sites is 1. The van der Waals surface area contributed by atoms with Crippen LogP contribution in [0.15, 0.2) is 30.5 Å². The summed E-state index contributed by atoms with van der Waals surface area (Å²) in [7, 11) is 0. The van der Waals surface area contributed by atoms with Crippen LogP contribution in [0, 0.1) is 5.82 Å². The second kappa shape index (κ2) is 7.16. The van der Waals surface area contributed by atoms with E-state index in [2.05, 4.69) is 25.7 Å². The van der Waals surface area contributed by atoms with Gasteiger partial charge >= 0.3 is 6.09 Å². The Balaban J connectivity index is 1.91. The first-order valence-electron chi connectivity index (χ1n) is 6.46. The minimum atomic E-state index is -0.662. The number of carbonyl (C=O) groups excluding carboxylic acids is 2. The van der Waals surface area contributed by atoms with Crippen LogP contribution in [-0.2, 0) is 16.1 Å². The number of hydrogen-bond donors (Lipinski definition) is 2. The Hall–Kier alpha value is -2.97. The van der Waals surface area contributed by atoms with Gasteiger partial charge in [0, 0.05) is 0 Å². The smallest absolute Gasteiger partial charge is 0.412 e. The Morgan fingerprint density at radius 3 is 2.82 bits per heavy atom. The molecule has 22 heavy (non-hydrogen) atoms. The van der Waals surface area contributed by atoms with E-state index in [4.69, 9.17) is 0 Å². The normalized spacial score (nSPS) is 10.1. The highest BCUT2D eigenvalue weighted by Crippen LogP contribution is 2.12. The van der Waals surface area contributed by atoms with E-state index in [1.165, 1.54) is 29.1 Å². The van der Waals surface area contributed by atoms with Crippen LogP contribution in [0.5, 0.6) is 0 Å². The van der Waals surface area contributed by atoms with Crippen molar-refractivity contribution >= 4 is 23.5 Å². The maximum atomic E-state index is 13.4. The molecule has 0 aliphatic heterocycles. The summed E-state index contributed by atoms with van der Waals surface area (Å²) in [6, 6.07) is 5.82. The summed E-state index contributed by atoms with van der Waals surface area (Å²) in [4.78, 5) is 23.0. The first-order chi connectivity index (χ1) is 10.6. The molecule has 1 aromatic carbocycles. The lowest BCUT2D eigenvalue weighted by molar-refractivity contribution is -0.116. The Bertz CT molecular complexity index is 673. The highest BCUT2D eigenvalue weighted by molar-refractivity contribution is 5.90.